The van der Waals surface area contributed by atoms with Crippen LogP contribution in [0.25, 0.3) is 0 Å². The fourth-order valence-electron chi connectivity index (χ4n) is 1.53. The van der Waals surface area contributed by atoms with Gasteiger partial charge in [0.25, 0.3) is 0 Å². The summed E-state index contributed by atoms with van der Waals surface area (Å²) < 4.78 is 5.56. The second-order valence-electron chi connectivity index (χ2n) is 3.61. The predicted molar refractivity (Wildman–Crippen MR) is 60.8 cm³/mol. The first-order valence-electron chi connectivity index (χ1n) is 5.16. The number of ether oxygens (including phenoxy) is 1. The Balaban J connectivity index is 0.00000256. The molecule has 0 fully saturated rings. The molecule has 0 saturated heterocycles. The van der Waals surface area contributed by atoms with E-state index < -0.39 is 0 Å². The minimum Gasteiger partial charge on any atom is -1.00 e. The first kappa shape index (κ1) is 15.8. The van der Waals surface area contributed by atoms with Crippen LogP contribution in [0.2, 0.25) is 0 Å². The van der Waals surface area contributed by atoms with Gasteiger partial charge < -0.3 is 27.3 Å². The van der Waals surface area contributed by atoms with Gasteiger partial charge in [-0.1, -0.05) is 11.1 Å². The van der Waals surface area contributed by atoms with Crippen molar-refractivity contribution >= 4 is 6.21 Å². The molecule has 17 heavy (non-hydrogen) atoms. The fraction of sp³-hybridized carbons (Fsp3) is 0.545. The van der Waals surface area contributed by atoms with E-state index in [-0.39, 0.29) is 24.7 Å². The van der Waals surface area contributed by atoms with Crippen LogP contribution in [0.15, 0.2) is 17.6 Å². The SMILES string of the molecule is CC#CC(C)OC[NH+]1C=CN(C)C1/C=N\O.[Cl-]. The van der Waals surface area contributed by atoms with E-state index in [2.05, 4.69) is 17.0 Å². The van der Waals surface area contributed by atoms with Crippen molar-refractivity contribution in [3.05, 3.63) is 12.4 Å². The molecule has 1 heterocycles. The fourth-order valence-corrected chi connectivity index (χ4v) is 1.53. The van der Waals surface area contributed by atoms with E-state index in [1.54, 1.807) is 6.92 Å². The summed E-state index contributed by atoms with van der Waals surface area (Å²) in [5, 5.41) is 11.6. The third kappa shape index (κ3) is 4.65. The minimum atomic E-state index is -0.0801. The van der Waals surface area contributed by atoms with Crippen LogP contribution >= 0.6 is 0 Å². The maximum Gasteiger partial charge on any atom is 0.209 e. The molecule has 0 radical (unpaired) electrons. The van der Waals surface area contributed by atoms with Gasteiger partial charge in [-0.25, -0.2) is 0 Å². The molecule has 0 bridgehead atoms. The lowest BCUT2D eigenvalue weighted by Gasteiger charge is -2.21. The molecule has 0 saturated carbocycles. The molecule has 0 aromatic rings. The molecule has 1 aliphatic rings. The molecular formula is C11H18ClN3O2. The zero-order valence-electron chi connectivity index (χ0n) is 10.2. The molecule has 0 amide bonds. The summed E-state index contributed by atoms with van der Waals surface area (Å²) in [6.07, 6.45) is 5.28. The van der Waals surface area contributed by atoms with Crippen LogP contribution in [0, 0.1) is 11.8 Å². The van der Waals surface area contributed by atoms with Crippen molar-refractivity contribution in [2.75, 3.05) is 13.8 Å². The molecule has 0 spiro atoms. The van der Waals surface area contributed by atoms with Gasteiger partial charge >= 0.3 is 0 Å². The van der Waals surface area contributed by atoms with E-state index in [1.165, 1.54) is 6.21 Å². The van der Waals surface area contributed by atoms with Gasteiger partial charge in [0.05, 0.1) is 6.20 Å². The van der Waals surface area contributed by atoms with E-state index >= 15 is 0 Å². The smallest absolute Gasteiger partial charge is 0.209 e. The molecule has 0 aromatic carbocycles. The third-order valence-corrected chi connectivity index (χ3v) is 2.40. The highest BCUT2D eigenvalue weighted by Crippen LogP contribution is 1.94. The molecular weight excluding hydrogens is 242 g/mol. The minimum absolute atomic E-state index is 0. The zero-order valence-corrected chi connectivity index (χ0v) is 11.0. The Morgan fingerprint density at radius 1 is 1.71 bits per heavy atom. The number of hydrogen-bond acceptors (Lipinski definition) is 4. The Labute approximate surface area is 108 Å². The number of hydrogen-bond donors (Lipinski definition) is 2. The van der Waals surface area contributed by atoms with E-state index in [0.29, 0.717) is 6.73 Å². The summed E-state index contributed by atoms with van der Waals surface area (Å²) in [6, 6.07) is 0. The van der Waals surface area contributed by atoms with Crippen LogP contribution < -0.4 is 17.3 Å². The highest BCUT2D eigenvalue weighted by Gasteiger charge is 2.27. The monoisotopic (exact) mass is 259 g/mol. The molecule has 6 heteroatoms. The summed E-state index contributed by atoms with van der Waals surface area (Å²) >= 11 is 0. The molecule has 2 N–H and O–H groups in total. The standard InChI is InChI=1S/C11H17N3O2.ClH/c1-4-5-10(2)16-9-14-7-6-13(3)11(14)8-12-15;/h6-8,10-11,15H,9H2,1-3H3;1H/b12-8-;. The number of rotatable bonds is 4. The van der Waals surface area contributed by atoms with Gasteiger partial charge in [-0.2, -0.15) is 0 Å². The van der Waals surface area contributed by atoms with E-state index in [0.717, 1.165) is 4.90 Å². The van der Waals surface area contributed by atoms with Crippen molar-refractivity contribution in [3.8, 4) is 11.8 Å². The lowest BCUT2D eigenvalue weighted by Crippen LogP contribution is -3.12. The molecule has 3 atom stereocenters. The van der Waals surface area contributed by atoms with Crippen molar-refractivity contribution in [1.82, 2.24) is 4.90 Å². The molecule has 5 nitrogen and oxygen atoms in total. The van der Waals surface area contributed by atoms with Gasteiger partial charge in [-0.15, -0.1) is 5.92 Å². The molecule has 0 aromatic heterocycles. The van der Waals surface area contributed by atoms with Crippen molar-refractivity contribution in [2.24, 2.45) is 5.16 Å². The van der Waals surface area contributed by atoms with Crippen LogP contribution in [-0.4, -0.2) is 42.4 Å². The van der Waals surface area contributed by atoms with E-state index in [4.69, 9.17) is 9.94 Å². The van der Waals surface area contributed by atoms with Crippen molar-refractivity contribution in [1.29, 1.82) is 0 Å². The Hall–Kier alpha value is -1.22. The molecule has 0 aliphatic carbocycles. The van der Waals surface area contributed by atoms with Crippen LogP contribution in [-0.2, 0) is 4.74 Å². The molecule has 1 aliphatic heterocycles. The van der Waals surface area contributed by atoms with Crippen LogP contribution in [0.5, 0.6) is 0 Å². The highest BCUT2D eigenvalue weighted by molar-refractivity contribution is 5.61. The normalized spacial score (nSPS) is 24.3. The van der Waals surface area contributed by atoms with Gasteiger partial charge in [-0.3, -0.25) is 4.90 Å². The number of halogens is 1. The van der Waals surface area contributed by atoms with Crippen molar-refractivity contribution < 1.29 is 27.3 Å². The summed E-state index contributed by atoms with van der Waals surface area (Å²) in [7, 11) is 1.92. The Morgan fingerprint density at radius 2 is 2.41 bits per heavy atom. The van der Waals surface area contributed by atoms with Gasteiger partial charge in [-0.05, 0) is 13.8 Å². The summed E-state index contributed by atoms with van der Waals surface area (Å²) in [5.74, 6) is 5.73. The van der Waals surface area contributed by atoms with Gasteiger partial charge in [0.1, 0.15) is 18.5 Å². The van der Waals surface area contributed by atoms with Gasteiger partial charge in [0.15, 0.2) is 6.73 Å². The molecule has 3 unspecified atom stereocenters. The average Bonchev–Trinajstić information content (AvgIpc) is 2.59. The van der Waals surface area contributed by atoms with E-state index in [9.17, 15) is 0 Å². The second kappa shape index (κ2) is 7.96. The van der Waals surface area contributed by atoms with Crippen molar-refractivity contribution in [2.45, 2.75) is 26.1 Å². The lowest BCUT2D eigenvalue weighted by molar-refractivity contribution is -0.886. The number of nitrogens with one attached hydrogen (secondary N) is 1. The lowest BCUT2D eigenvalue weighted by atomic mass is 10.4. The van der Waals surface area contributed by atoms with Crippen LogP contribution in [0.4, 0.5) is 0 Å². The zero-order chi connectivity index (χ0) is 12.0. The Kier molecular flexibility index (Phi) is 7.39. The maximum atomic E-state index is 8.56. The summed E-state index contributed by atoms with van der Waals surface area (Å²) in [4.78, 5) is 3.01. The Bertz CT molecular complexity index is 335. The van der Waals surface area contributed by atoms with Crippen LogP contribution in [0.3, 0.4) is 0 Å². The number of quaternary nitrogens is 1. The summed E-state index contributed by atoms with van der Waals surface area (Å²) in [6.45, 7) is 4.19. The van der Waals surface area contributed by atoms with Gasteiger partial charge in [0.2, 0.25) is 6.17 Å². The predicted octanol–water partition coefficient (Wildman–Crippen LogP) is -3.54. The van der Waals surface area contributed by atoms with Crippen molar-refractivity contribution in [3.63, 3.8) is 0 Å². The number of nitrogens with zero attached hydrogens (tertiary/aromatic N) is 2. The molecule has 96 valence electrons. The average molecular weight is 260 g/mol. The Morgan fingerprint density at radius 3 is 3.00 bits per heavy atom. The van der Waals surface area contributed by atoms with Gasteiger partial charge in [0, 0.05) is 7.05 Å². The number of oxime groups is 1. The first-order valence-corrected chi connectivity index (χ1v) is 5.16. The maximum absolute atomic E-state index is 8.56. The summed E-state index contributed by atoms with van der Waals surface area (Å²) in [5.41, 5.74) is 0. The highest BCUT2D eigenvalue weighted by atomic mass is 35.5. The topological polar surface area (TPSA) is 49.5 Å². The van der Waals surface area contributed by atoms with E-state index in [1.807, 2.05) is 31.3 Å². The third-order valence-electron chi connectivity index (χ3n) is 2.40. The van der Waals surface area contributed by atoms with Crippen LogP contribution in [0.1, 0.15) is 13.8 Å². The first-order chi connectivity index (χ1) is 7.69. The molecule has 1 rings (SSSR count). The second-order valence-corrected chi connectivity index (χ2v) is 3.61. The largest absolute Gasteiger partial charge is 1.00 e. The quantitative estimate of drug-likeness (QED) is 0.238.